The fraction of sp³-hybridized carbons (Fsp3) is 0.682. The van der Waals surface area contributed by atoms with Crippen LogP contribution >= 0.6 is 0 Å². The largest absolute Gasteiger partial charge is 0.417 e. The number of halogens is 1. The van der Waals surface area contributed by atoms with Crippen LogP contribution in [0.3, 0.4) is 0 Å². The van der Waals surface area contributed by atoms with E-state index in [1.807, 2.05) is 33.9 Å². The minimum atomic E-state index is -1.78. The predicted molar refractivity (Wildman–Crippen MR) is 224 cm³/mol. The van der Waals surface area contributed by atoms with E-state index in [-0.39, 0.29) is 22.5 Å². The van der Waals surface area contributed by atoms with Crippen LogP contribution in [0, 0.1) is 18.7 Å². The zero-order chi connectivity index (χ0) is 39.9. The minimum Gasteiger partial charge on any atom is -0.417 e. The number of pyridine rings is 1. The van der Waals surface area contributed by atoms with Gasteiger partial charge >= 0.3 is 0 Å². The van der Waals surface area contributed by atoms with E-state index in [9.17, 15) is 9.18 Å². The number of rotatable bonds is 15. The van der Waals surface area contributed by atoms with Gasteiger partial charge in [0.1, 0.15) is 11.6 Å². The lowest BCUT2D eigenvalue weighted by molar-refractivity contribution is -0.171. The zero-order valence-electron chi connectivity index (χ0n) is 35.7. The van der Waals surface area contributed by atoms with E-state index < -0.39 is 14.1 Å². The number of piperazine rings is 1. The van der Waals surface area contributed by atoms with Gasteiger partial charge in [-0.05, 0) is 107 Å². The first-order valence-corrected chi connectivity index (χ1v) is 23.9. The number of benzene rings is 1. The van der Waals surface area contributed by atoms with Crippen LogP contribution in [0.4, 0.5) is 4.39 Å². The number of amides is 1. The Kier molecular flexibility index (Phi) is 12.7. The van der Waals surface area contributed by atoms with Crippen molar-refractivity contribution in [2.45, 2.75) is 129 Å². The maximum Gasteiger partial charge on any atom is 0.254 e. The molecule has 1 spiro atoms. The Balaban J connectivity index is 1.13. The highest BCUT2D eigenvalue weighted by Crippen LogP contribution is 2.40. The van der Waals surface area contributed by atoms with Crippen molar-refractivity contribution in [3.63, 3.8) is 0 Å². The van der Waals surface area contributed by atoms with Crippen LogP contribution in [0.2, 0.25) is 18.1 Å². The van der Waals surface area contributed by atoms with Crippen LogP contribution in [0.1, 0.15) is 102 Å². The molecule has 3 aliphatic rings. The molecular formula is C44H69FN6O3Si. The number of hydrogen-bond donors (Lipinski definition) is 1. The molecule has 5 heterocycles. The first-order chi connectivity index (χ1) is 26.0. The van der Waals surface area contributed by atoms with Crippen molar-refractivity contribution in [3.05, 3.63) is 59.4 Å². The average Bonchev–Trinajstić information content (AvgIpc) is 3.45. The molecule has 6 rings (SSSR count). The smallest absolute Gasteiger partial charge is 0.254 e. The molecule has 9 nitrogen and oxygen atoms in total. The van der Waals surface area contributed by atoms with Crippen LogP contribution in [0.5, 0.6) is 0 Å². The average molecular weight is 777 g/mol. The maximum absolute atomic E-state index is 14.7. The number of aryl methyl sites for hydroxylation is 1. The molecule has 0 saturated carbocycles. The van der Waals surface area contributed by atoms with Gasteiger partial charge in [0, 0.05) is 75.1 Å². The van der Waals surface area contributed by atoms with Crippen LogP contribution < -0.4 is 5.32 Å². The number of fused-ring (bicyclic) bond motifs is 1. The summed E-state index contributed by atoms with van der Waals surface area (Å²) in [6, 6.07) is 7.78. The van der Waals surface area contributed by atoms with Gasteiger partial charge in [0.2, 0.25) is 0 Å². The van der Waals surface area contributed by atoms with Gasteiger partial charge in [-0.3, -0.25) is 14.6 Å². The van der Waals surface area contributed by atoms with Gasteiger partial charge in [0.25, 0.3) is 5.91 Å². The topological polar surface area (TPSA) is 74.6 Å². The minimum absolute atomic E-state index is 0.00618. The Bertz CT molecular complexity index is 1790. The van der Waals surface area contributed by atoms with Gasteiger partial charge in [-0.1, -0.05) is 40.7 Å². The molecule has 3 aromatic rings. The van der Waals surface area contributed by atoms with Crippen molar-refractivity contribution in [2.24, 2.45) is 5.92 Å². The van der Waals surface area contributed by atoms with E-state index in [2.05, 4.69) is 84.5 Å². The second kappa shape index (κ2) is 16.7. The molecule has 3 fully saturated rings. The van der Waals surface area contributed by atoms with Gasteiger partial charge in [-0.25, -0.2) is 9.37 Å². The third kappa shape index (κ3) is 8.48. The molecule has 1 N–H and O–H groups in total. The summed E-state index contributed by atoms with van der Waals surface area (Å²) in [5.74, 6) is 1.26. The third-order valence-corrected chi connectivity index (χ3v) is 18.1. The van der Waals surface area contributed by atoms with E-state index in [1.165, 1.54) is 24.1 Å². The van der Waals surface area contributed by atoms with Crippen molar-refractivity contribution in [3.8, 4) is 11.1 Å². The number of ether oxygens (including phenoxy) is 1. The number of aromatic nitrogens is 2. The summed E-state index contributed by atoms with van der Waals surface area (Å²) in [6.45, 7) is 32.5. The van der Waals surface area contributed by atoms with Crippen molar-refractivity contribution in [2.75, 3.05) is 59.1 Å². The fourth-order valence-electron chi connectivity index (χ4n) is 8.99. The van der Waals surface area contributed by atoms with E-state index in [1.54, 1.807) is 11.0 Å². The van der Waals surface area contributed by atoms with E-state index in [4.69, 9.17) is 9.16 Å². The van der Waals surface area contributed by atoms with Crippen molar-refractivity contribution in [1.82, 2.24) is 29.4 Å². The second-order valence-electron chi connectivity index (χ2n) is 18.7. The monoisotopic (exact) mass is 777 g/mol. The molecule has 3 aliphatic heterocycles. The number of carbonyl (C=O) groups excluding carboxylic acids is 1. The Morgan fingerprint density at radius 2 is 1.87 bits per heavy atom. The number of imidazole rings is 1. The molecule has 11 heteroatoms. The molecule has 304 valence electrons. The maximum atomic E-state index is 14.7. The van der Waals surface area contributed by atoms with Gasteiger partial charge in [-0.15, -0.1) is 0 Å². The van der Waals surface area contributed by atoms with Gasteiger partial charge in [-0.2, -0.15) is 0 Å². The van der Waals surface area contributed by atoms with Crippen molar-refractivity contribution in [1.29, 1.82) is 0 Å². The lowest BCUT2D eigenvalue weighted by Gasteiger charge is -2.57. The van der Waals surface area contributed by atoms with Crippen LogP contribution in [0.15, 0.2) is 36.7 Å². The molecule has 1 aromatic carbocycles. The molecule has 55 heavy (non-hydrogen) atoms. The Labute approximate surface area is 331 Å². The molecule has 0 bridgehead atoms. The predicted octanol–water partition coefficient (Wildman–Crippen LogP) is 7.98. The fourth-order valence-corrected chi connectivity index (χ4v) is 10.0. The molecule has 0 radical (unpaired) electrons. The first-order valence-electron chi connectivity index (χ1n) is 21.0. The quantitative estimate of drug-likeness (QED) is 0.157. The molecule has 0 aliphatic carbocycles. The normalized spacial score (nSPS) is 20.4. The third-order valence-electron chi connectivity index (χ3n) is 13.6. The lowest BCUT2D eigenvalue weighted by atomic mass is 9.81. The highest BCUT2D eigenvalue weighted by Gasteiger charge is 2.52. The first kappa shape index (κ1) is 41.9. The van der Waals surface area contributed by atoms with Gasteiger partial charge in [0.15, 0.2) is 8.32 Å². The van der Waals surface area contributed by atoms with Crippen LogP contribution in [-0.4, -0.2) is 121 Å². The Hall–Kier alpha value is -2.67. The number of hydrogen-bond acceptors (Lipinski definition) is 7. The summed E-state index contributed by atoms with van der Waals surface area (Å²) < 4.78 is 29.4. The second-order valence-corrected chi connectivity index (χ2v) is 23.5. The standard InChI is InChI=1S/C44H69FN6O3Si/c1-12-50(31(4)5)42(52)38-23-35(45)15-16-36(38)37-22-33(27-51-32(6)47-24-40(37)51)34-25-48(26-34)39(30(2)3)14-13-19-49-20-18-46-41(44(49)28-53-29-44)17-21-54-55(10,11)43(7,8)9/h15-16,22-24,27,30-31,34,39,41,46H,12-14,17-21,25-26,28-29H2,1-11H3/t39-,41?/m1/s1. The SMILES string of the molecule is CCN(C(=O)c1cc(F)ccc1-c1cc(C2CN([C@H](CCCN3CCNC(CCO[Si](C)(C)C(C)(C)C)C34COC4)C(C)C)C2)cn2c(C)ncc12)C(C)C. The van der Waals surface area contributed by atoms with E-state index >= 15 is 0 Å². The van der Waals surface area contributed by atoms with Crippen LogP contribution in [0.25, 0.3) is 16.6 Å². The summed E-state index contributed by atoms with van der Waals surface area (Å²) >= 11 is 0. The Morgan fingerprint density at radius 3 is 2.49 bits per heavy atom. The summed E-state index contributed by atoms with van der Waals surface area (Å²) in [7, 11) is -1.78. The van der Waals surface area contributed by atoms with Gasteiger partial charge < -0.3 is 23.8 Å². The molecule has 1 unspecified atom stereocenters. The Morgan fingerprint density at radius 1 is 1.15 bits per heavy atom. The molecule has 2 atom stereocenters. The number of carbonyl (C=O) groups is 1. The summed E-state index contributed by atoms with van der Waals surface area (Å²) in [6.07, 6.45) is 7.45. The number of nitrogens with one attached hydrogen (secondary N) is 1. The summed E-state index contributed by atoms with van der Waals surface area (Å²) in [5.41, 5.74) is 4.31. The van der Waals surface area contributed by atoms with E-state index in [0.29, 0.717) is 36.0 Å². The molecule has 3 saturated heterocycles. The molecule has 2 aromatic heterocycles. The van der Waals surface area contributed by atoms with E-state index in [0.717, 1.165) is 87.9 Å². The van der Waals surface area contributed by atoms with Crippen LogP contribution in [-0.2, 0) is 9.16 Å². The van der Waals surface area contributed by atoms with Crippen molar-refractivity contribution < 1.29 is 18.3 Å². The van der Waals surface area contributed by atoms with Crippen molar-refractivity contribution >= 4 is 19.7 Å². The molecular weight excluding hydrogens is 708 g/mol. The highest BCUT2D eigenvalue weighted by atomic mass is 28.4. The number of likely N-dealkylation sites (tertiary alicyclic amines) is 1. The summed E-state index contributed by atoms with van der Waals surface area (Å²) in [5, 5.41) is 4.07. The lowest BCUT2D eigenvalue weighted by Crippen LogP contribution is -2.76. The number of nitrogens with zero attached hydrogens (tertiary/aromatic N) is 5. The van der Waals surface area contributed by atoms with Gasteiger partial charge in [0.05, 0.1) is 36.0 Å². The molecule has 1 amide bonds. The summed E-state index contributed by atoms with van der Waals surface area (Å²) in [4.78, 5) is 25.7. The zero-order valence-corrected chi connectivity index (χ0v) is 36.7. The highest BCUT2D eigenvalue weighted by molar-refractivity contribution is 6.74.